The average molecular weight is 309 g/mol. The number of anilines is 1. The van der Waals surface area contributed by atoms with Crippen molar-refractivity contribution in [2.24, 2.45) is 0 Å². The van der Waals surface area contributed by atoms with Crippen LogP contribution >= 0.6 is 39.7 Å². The van der Waals surface area contributed by atoms with Gasteiger partial charge in [0.15, 0.2) is 10.9 Å². The van der Waals surface area contributed by atoms with Gasteiger partial charge in [-0.25, -0.2) is 4.98 Å². The molecule has 0 saturated heterocycles. The first-order valence-electron chi connectivity index (χ1n) is 4.37. The summed E-state index contributed by atoms with van der Waals surface area (Å²) >= 11 is 14.3. The fraction of sp³-hybridized carbons (Fsp3) is 0.333. The topological polar surface area (TPSA) is 37.0 Å². The van der Waals surface area contributed by atoms with Crippen LogP contribution in [0, 0.1) is 0 Å². The predicted molar refractivity (Wildman–Crippen MR) is 71.4 cm³/mol. The SMILES string of the molecule is CC(C)NC(=S)Nc1ncc(Br)cc1Cl. The Hall–Kier alpha value is -0.390. The van der Waals surface area contributed by atoms with Crippen LogP contribution in [0.25, 0.3) is 0 Å². The molecule has 0 spiro atoms. The third-order valence-electron chi connectivity index (χ3n) is 1.46. The molecular weight excluding hydrogens is 298 g/mol. The number of halogens is 2. The summed E-state index contributed by atoms with van der Waals surface area (Å²) in [6, 6.07) is 2.04. The summed E-state index contributed by atoms with van der Waals surface area (Å²) in [7, 11) is 0. The maximum atomic E-state index is 5.97. The van der Waals surface area contributed by atoms with Crippen LogP contribution < -0.4 is 10.6 Å². The number of aromatic nitrogens is 1. The number of thiocarbonyl (C=S) groups is 1. The minimum Gasteiger partial charge on any atom is -0.360 e. The van der Waals surface area contributed by atoms with Crippen LogP contribution in [0.15, 0.2) is 16.7 Å². The summed E-state index contributed by atoms with van der Waals surface area (Å²) in [5.74, 6) is 0.554. The average Bonchev–Trinajstić information content (AvgIpc) is 2.08. The van der Waals surface area contributed by atoms with E-state index in [1.807, 2.05) is 13.8 Å². The van der Waals surface area contributed by atoms with Crippen molar-refractivity contribution in [3.05, 3.63) is 21.8 Å². The number of pyridine rings is 1. The molecule has 0 radical (unpaired) electrons. The molecule has 0 aromatic carbocycles. The van der Waals surface area contributed by atoms with E-state index in [0.29, 0.717) is 16.0 Å². The number of nitrogens with zero attached hydrogens (tertiary/aromatic N) is 1. The van der Waals surface area contributed by atoms with Gasteiger partial charge in [0.2, 0.25) is 0 Å². The summed E-state index contributed by atoms with van der Waals surface area (Å²) in [4.78, 5) is 4.11. The summed E-state index contributed by atoms with van der Waals surface area (Å²) < 4.78 is 0.834. The van der Waals surface area contributed by atoms with Crippen LogP contribution in [-0.4, -0.2) is 16.1 Å². The molecule has 0 amide bonds. The quantitative estimate of drug-likeness (QED) is 0.823. The Kier molecular flexibility index (Phi) is 4.76. The van der Waals surface area contributed by atoms with E-state index in [1.54, 1.807) is 12.3 Å². The lowest BCUT2D eigenvalue weighted by atomic mass is 10.4. The largest absolute Gasteiger partial charge is 0.360 e. The molecule has 6 heteroatoms. The van der Waals surface area contributed by atoms with Gasteiger partial charge in [0.05, 0.1) is 5.02 Å². The molecule has 2 N–H and O–H groups in total. The normalized spacial score (nSPS) is 10.2. The van der Waals surface area contributed by atoms with Crippen molar-refractivity contribution in [3.8, 4) is 0 Å². The third kappa shape index (κ3) is 4.32. The van der Waals surface area contributed by atoms with Crippen LogP contribution in [0.3, 0.4) is 0 Å². The molecule has 0 saturated carbocycles. The maximum Gasteiger partial charge on any atom is 0.172 e. The fourth-order valence-corrected chi connectivity index (χ4v) is 1.92. The molecular formula is C9H11BrClN3S. The van der Waals surface area contributed by atoms with Gasteiger partial charge in [-0.05, 0) is 48.1 Å². The van der Waals surface area contributed by atoms with E-state index in [0.717, 1.165) is 4.47 Å². The van der Waals surface area contributed by atoms with Crippen LogP contribution in [0.4, 0.5) is 5.82 Å². The van der Waals surface area contributed by atoms with Gasteiger partial charge in [-0.15, -0.1) is 0 Å². The molecule has 1 heterocycles. The molecule has 0 aliphatic rings. The smallest absolute Gasteiger partial charge is 0.172 e. The van der Waals surface area contributed by atoms with Crippen molar-refractivity contribution in [2.45, 2.75) is 19.9 Å². The molecule has 0 aliphatic carbocycles. The second-order valence-electron chi connectivity index (χ2n) is 3.24. The Morgan fingerprint density at radius 1 is 1.60 bits per heavy atom. The summed E-state index contributed by atoms with van der Waals surface area (Å²) in [5, 5.41) is 7.01. The van der Waals surface area contributed by atoms with Crippen LogP contribution in [0.5, 0.6) is 0 Å². The molecule has 3 nitrogen and oxygen atoms in total. The Bertz CT molecular complexity index is 370. The molecule has 0 aliphatic heterocycles. The van der Waals surface area contributed by atoms with Gasteiger partial charge in [0, 0.05) is 16.7 Å². The molecule has 0 unspecified atom stereocenters. The fourth-order valence-electron chi connectivity index (χ4n) is 0.912. The summed E-state index contributed by atoms with van der Waals surface area (Å²) in [6.07, 6.45) is 1.66. The standard InChI is InChI=1S/C9H11BrClN3S/c1-5(2)13-9(15)14-8-7(11)3-6(10)4-12-8/h3-5H,1-2H3,(H2,12,13,14,15). The lowest BCUT2D eigenvalue weighted by molar-refractivity contribution is 0.739. The van der Waals surface area contributed by atoms with Gasteiger partial charge in [0.25, 0.3) is 0 Å². The molecule has 0 atom stereocenters. The molecule has 82 valence electrons. The zero-order valence-electron chi connectivity index (χ0n) is 8.34. The number of nitrogens with one attached hydrogen (secondary N) is 2. The van der Waals surface area contributed by atoms with Crippen molar-refractivity contribution >= 4 is 50.7 Å². The van der Waals surface area contributed by atoms with E-state index in [1.165, 1.54) is 0 Å². The van der Waals surface area contributed by atoms with Gasteiger partial charge in [-0.1, -0.05) is 11.6 Å². The molecule has 1 aromatic heterocycles. The van der Waals surface area contributed by atoms with Crippen molar-refractivity contribution in [3.63, 3.8) is 0 Å². The first-order chi connectivity index (χ1) is 6.99. The Morgan fingerprint density at radius 3 is 2.80 bits per heavy atom. The van der Waals surface area contributed by atoms with Crippen molar-refractivity contribution < 1.29 is 0 Å². The van der Waals surface area contributed by atoms with E-state index >= 15 is 0 Å². The second-order valence-corrected chi connectivity index (χ2v) is 4.97. The van der Waals surface area contributed by atoms with Crippen molar-refractivity contribution in [1.29, 1.82) is 0 Å². The molecule has 0 fully saturated rings. The highest BCUT2D eigenvalue weighted by Crippen LogP contribution is 2.22. The predicted octanol–water partition coefficient (Wildman–Crippen LogP) is 3.19. The highest BCUT2D eigenvalue weighted by molar-refractivity contribution is 9.10. The number of hydrogen-bond acceptors (Lipinski definition) is 2. The van der Waals surface area contributed by atoms with Crippen molar-refractivity contribution in [1.82, 2.24) is 10.3 Å². The van der Waals surface area contributed by atoms with Crippen LogP contribution in [0.2, 0.25) is 5.02 Å². The number of hydrogen-bond donors (Lipinski definition) is 2. The lowest BCUT2D eigenvalue weighted by Gasteiger charge is -2.13. The van der Waals surface area contributed by atoms with Gasteiger partial charge in [0.1, 0.15) is 0 Å². The van der Waals surface area contributed by atoms with E-state index in [-0.39, 0.29) is 6.04 Å². The minimum atomic E-state index is 0.277. The second kappa shape index (κ2) is 5.63. The van der Waals surface area contributed by atoms with Gasteiger partial charge < -0.3 is 10.6 Å². The lowest BCUT2D eigenvalue weighted by Crippen LogP contribution is -2.34. The first kappa shape index (κ1) is 12.7. The van der Waals surface area contributed by atoms with Gasteiger partial charge in [-0.2, -0.15) is 0 Å². The summed E-state index contributed by atoms with van der Waals surface area (Å²) in [6.45, 7) is 4.01. The Morgan fingerprint density at radius 2 is 2.27 bits per heavy atom. The zero-order valence-corrected chi connectivity index (χ0v) is 11.5. The van der Waals surface area contributed by atoms with Gasteiger partial charge in [-0.3, -0.25) is 0 Å². The Balaban J connectivity index is 2.68. The highest BCUT2D eigenvalue weighted by atomic mass is 79.9. The highest BCUT2D eigenvalue weighted by Gasteiger charge is 2.05. The van der Waals surface area contributed by atoms with Crippen LogP contribution in [0.1, 0.15) is 13.8 Å². The van der Waals surface area contributed by atoms with Crippen LogP contribution in [-0.2, 0) is 0 Å². The first-order valence-corrected chi connectivity index (χ1v) is 5.95. The molecule has 0 bridgehead atoms. The third-order valence-corrected chi connectivity index (χ3v) is 2.40. The molecule has 1 rings (SSSR count). The minimum absolute atomic E-state index is 0.277. The summed E-state index contributed by atoms with van der Waals surface area (Å²) in [5.41, 5.74) is 0. The van der Waals surface area contributed by atoms with E-state index < -0.39 is 0 Å². The number of rotatable bonds is 2. The maximum absolute atomic E-state index is 5.97. The van der Waals surface area contributed by atoms with E-state index in [9.17, 15) is 0 Å². The van der Waals surface area contributed by atoms with E-state index in [2.05, 4.69) is 31.5 Å². The molecule has 15 heavy (non-hydrogen) atoms. The Labute approximate surface area is 108 Å². The van der Waals surface area contributed by atoms with Crippen molar-refractivity contribution in [2.75, 3.05) is 5.32 Å². The molecule has 1 aromatic rings. The van der Waals surface area contributed by atoms with E-state index in [4.69, 9.17) is 23.8 Å². The zero-order chi connectivity index (χ0) is 11.4. The monoisotopic (exact) mass is 307 g/mol. The van der Waals surface area contributed by atoms with Gasteiger partial charge >= 0.3 is 0 Å².